The van der Waals surface area contributed by atoms with Crippen LogP contribution in [0.5, 0.6) is 11.5 Å². The molecule has 2 N–H and O–H groups in total. The first-order valence-corrected chi connectivity index (χ1v) is 7.44. The van der Waals surface area contributed by atoms with E-state index in [4.69, 9.17) is 9.47 Å². The number of carbonyl (C=O) groups excluding carboxylic acids is 1. The van der Waals surface area contributed by atoms with Crippen LogP contribution in [-0.2, 0) is 11.2 Å². The third-order valence-corrected chi connectivity index (χ3v) is 3.75. The van der Waals surface area contributed by atoms with Crippen LogP contribution in [0.15, 0.2) is 18.2 Å². The van der Waals surface area contributed by atoms with Gasteiger partial charge in [0.15, 0.2) is 11.5 Å². The summed E-state index contributed by atoms with van der Waals surface area (Å²) in [6.45, 7) is 1.93. The van der Waals surface area contributed by atoms with Crippen LogP contribution in [0.3, 0.4) is 0 Å². The normalized spacial score (nSPS) is 17.3. The molecule has 1 amide bonds. The van der Waals surface area contributed by atoms with E-state index in [0.717, 1.165) is 31.5 Å². The Morgan fingerprint density at radius 1 is 1.32 bits per heavy atom. The third-order valence-electron chi connectivity index (χ3n) is 3.75. The number of amides is 1. The maximum absolute atomic E-state index is 12.0. The lowest BCUT2D eigenvalue weighted by Gasteiger charge is -2.23. The quantitative estimate of drug-likeness (QED) is 0.837. The minimum Gasteiger partial charge on any atom is -0.493 e. The largest absolute Gasteiger partial charge is 0.493 e. The predicted molar refractivity (Wildman–Crippen MR) is 89.1 cm³/mol. The first-order chi connectivity index (χ1) is 10.2. The molecule has 0 spiro atoms. The van der Waals surface area contributed by atoms with Crippen LogP contribution in [0.4, 0.5) is 0 Å². The zero-order valence-electron chi connectivity index (χ0n) is 13.2. The summed E-state index contributed by atoms with van der Waals surface area (Å²) in [6, 6.07) is 6.04. The minimum absolute atomic E-state index is 0. The summed E-state index contributed by atoms with van der Waals surface area (Å²) in [6.07, 6.45) is 3.38. The number of nitrogens with one attached hydrogen (secondary N) is 2. The molecule has 2 rings (SSSR count). The number of hydrogen-bond acceptors (Lipinski definition) is 4. The van der Waals surface area contributed by atoms with Crippen LogP contribution < -0.4 is 20.1 Å². The monoisotopic (exact) mass is 328 g/mol. The Balaban J connectivity index is 0.00000242. The molecule has 1 heterocycles. The number of piperidine rings is 1. The summed E-state index contributed by atoms with van der Waals surface area (Å²) >= 11 is 0. The zero-order valence-corrected chi connectivity index (χ0v) is 14.0. The van der Waals surface area contributed by atoms with E-state index >= 15 is 0 Å². The van der Waals surface area contributed by atoms with E-state index in [0.29, 0.717) is 24.3 Å². The van der Waals surface area contributed by atoms with Crippen LogP contribution in [0.2, 0.25) is 0 Å². The molecule has 1 aliphatic heterocycles. The van der Waals surface area contributed by atoms with Crippen LogP contribution in [0.1, 0.15) is 24.8 Å². The molecule has 0 radical (unpaired) electrons. The molecule has 1 atom stereocenters. The molecule has 0 bridgehead atoms. The Hall–Kier alpha value is -1.46. The molecular formula is C16H25ClN2O3. The van der Waals surface area contributed by atoms with Gasteiger partial charge >= 0.3 is 0 Å². The molecule has 6 heteroatoms. The summed E-state index contributed by atoms with van der Waals surface area (Å²) < 4.78 is 10.5. The van der Waals surface area contributed by atoms with Gasteiger partial charge in [-0.05, 0) is 43.5 Å². The molecule has 22 heavy (non-hydrogen) atoms. The molecule has 1 aromatic carbocycles. The average Bonchev–Trinajstić information content (AvgIpc) is 2.53. The van der Waals surface area contributed by atoms with Crippen LogP contribution in [0, 0.1) is 0 Å². The van der Waals surface area contributed by atoms with Crippen molar-refractivity contribution >= 4 is 18.3 Å². The molecule has 0 aromatic heterocycles. The van der Waals surface area contributed by atoms with Crippen molar-refractivity contribution in [3.8, 4) is 11.5 Å². The minimum atomic E-state index is 0. The van der Waals surface area contributed by atoms with Gasteiger partial charge in [-0.1, -0.05) is 6.07 Å². The number of halogens is 1. The molecule has 0 saturated carbocycles. The molecule has 124 valence electrons. The second-order valence-electron chi connectivity index (χ2n) is 5.30. The molecule has 1 aromatic rings. The Morgan fingerprint density at radius 2 is 2.09 bits per heavy atom. The number of aryl methyl sites for hydroxylation is 1. The lowest BCUT2D eigenvalue weighted by atomic mass is 10.1. The van der Waals surface area contributed by atoms with E-state index in [1.165, 1.54) is 0 Å². The van der Waals surface area contributed by atoms with E-state index in [1.54, 1.807) is 14.2 Å². The Labute approximate surface area is 138 Å². The van der Waals surface area contributed by atoms with E-state index in [9.17, 15) is 4.79 Å². The van der Waals surface area contributed by atoms with Crippen LogP contribution in [0.25, 0.3) is 0 Å². The summed E-state index contributed by atoms with van der Waals surface area (Å²) in [4.78, 5) is 12.0. The lowest BCUT2D eigenvalue weighted by molar-refractivity contribution is -0.121. The number of carbonyl (C=O) groups is 1. The topological polar surface area (TPSA) is 59.6 Å². The first-order valence-electron chi connectivity index (χ1n) is 7.44. The van der Waals surface area contributed by atoms with Gasteiger partial charge < -0.3 is 20.1 Å². The lowest BCUT2D eigenvalue weighted by Crippen LogP contribution is -2.45. The number of hydrogen-bond donors (Lipinski definition) is 2. The van der Waals surface area contributed by atoms with Gasteiger partial charge in [-0.3, -0.25) is 4.79 Å². The molecule has 1 saturated heterocycles. The smallest absolute Gasteiger partial charge is 0.220 e. The molecule has 0 unspecified atom stereocenters. The highest BCUT2D eigenvalue weighted by molar-refractivity contribution is 5.85. The van der Waals surface area contributed by atoms with Crippen LogP contribution in [-0.4, -0.2) is 39.3 Å². The Bertz CT molecular complexity index is 476. The summed E-state index contributed by atoms with van der Waals surface area (Å²) in [5.41, 5.74) is 1.07. The maximum atomic E-state index is 12.0. The van der Waals surface area contributed by atoms with Gasteiger partial charge in [-0.15, -0.1) is 12.4 Å². The Morgan fingerprint density at radius 3 is 2.73 bits per heavy atom. The molecule has 1 fully saturated rings. The van der Waals surface area contributed by atoms with Crippen molar-refractivity contribution in [3.05, 3.63) is 23.8 Å². The molecule has 5 nitrogen and oxygen atoms in total. The highest BCUT2D eigenvalue weighted by Gasteiger charge is 2.15. The molecule has 0 aliphatic carbocycles. The summed E-state index contributed by atoms with van der Waals surface area (Å²) in [5, 5.41) is 6.38. The number of methoxy groups -OCH3 is 2. The van der Waals surface area contributed by atoms with Crippen molar-refractivity contribution < 1.29 is 14.3 Å². The van der Waals surface area contributed by atoms with E-state index in [2.05, 4.69) is 10.6 Å². The third kappa shape index (κ3) is 5.39. The van der Waals surface area contributed by atoms with Crippen molar-refractivity contribution in [2.24, 2.45) is 0 Å². The second-order valence-corrected chi connectivity index (χ2v) is 5.30. The number of rotatable bonds is 6. The fraction of sp³-hybridized carbons (Fsp3) is 0.562. The zero-order chi connectivity index (χ0) is 15.1. The highest BCUT2D eigenvalue weighted by atomic mass is 35.5. The van der Waals surface area contributed by atoms with Gasteiger partial charge in [-0.25, -0.2) is 0 Å². The maximum Gasteiger partial charge on any atom is 0.220 e. The van der Waals surface area contributed by atoms with Gasteiger partial charge in [0, 0.05) is 19.0 Å². The first kappa shape index (κ1) is 18.6. The fourth-order valence-corrected chi connectivity index (χ4v) is 2.57. The van der Waals surface area contributed by atoms with Crippen molar-refractivity contribution in [3.63, 3.8) is 0 Å². The number of ether oxygens (including phenoxy) is 2. The summed E-state index contributed by atoms with van der Waals surface area (Å²) in [7, 11) is 3.23. The van der Waals surface area contributed by atoms with Gasteiger partial charge in [0.05, 0.1) is 14.2 Å². The molecule has 1 aliphatic rings. The Kier molecular flexibility index (Phi) is 8.06. The predicted octanol–water partition coefficient (Wildman–Crippen LogP) is 1.93. The van der Waals surface area contributed by atoms with E-state index in [1.807, 2.05) is 18.2 Å². The van der Waals surface area contributed by atoms with Gasteiger partial charge in [-0.2, -0.15) is 0 Å². The second kappa shape index (κ2) is 9.54. The van der Waals surface area contributed by atoms with Gasteiger partial charge in [0.2, 0.25) is 5.91 Å². The summed E-state index contributed by atoms with van der Waals surface area (Å²) in [5.74, 6) is 1.52. The highest BCUT2D eigenvalue weighted by Crippen LogP contribution is 2.27. The molecular weight excluding hydrogens is 304 g/mol. The average molecular weight is 329 g/mol. The van der Waals surface area contributed by atoms with Gasteiger partial charge in [0.1, 0.15) is 0 Å². The van der Waals surface area contributed by atoms with E-state index < -0.39 is 0 Å². The standard InChI is InChI=1S/C16H24N2O3.ClH/c1-20-14-7-5-12(10-15(14)21-2)6-8-16(19)18-13-4-3-9-17-11-13;/h5,7,10,13,17H,3-4,6,8-9,11H2,1-2H3,(H,18,19);1H/t13-;/m0./s1. The van der Waals surface area contributed by atoms with Crippen molar-refractivity contribution in [2.45, 2.75) is 31.7 Å². The van der Waals surface area contributed by atoms with Gasteiger partial charge in [0.25, 0.3) is 0 Å². The van der Waals surface area contributed by atoms with Crippen LogP contribution >= 0.6 is 12.4 Å². The van der Waals surface area contributed by atoms with Crippen molar-refractivity contribution in [2.75, 3.05) is 27.3 Å². The van der Waals surface area contributed by atoms with Crippen molar-refractivity contribution in [1.82, 2.24) is 10.6 Å². The number of benzene rings is 1. The SMILES string of the molecule is COc1ccc(CCC(=O)N[C@H]2CCCNC2)cc1OC.Cl. The van der Waals surface area contributed by atoms with E-state index in [-0.39, 0.29) is 24.4 Å². The van der Waals surface area contributed by atoms with Crippen molar-refractivity contribution in [1.29, 1.82) is 0 Å². The fourth-order valence-electron chi connectivity index (χ4n) is 2.57.